The maximum atomic E-state index is 12.2. The second-order valence-electron chi connectivity index (χ2n) is 6.45. The van der Waals surface area contributed by atoms with E-state index < -0.39 is 6.04 Å². The van der Waals surface area contributed by atoms with Crippen molar-refractivity contribution < 1.29 is 4.79 Å². The SMILES string of the molecule is Cn1cc(C(N)C(=O)NC2C3C4CCC(C4)C23)cn1. The molecule has 4 rings (SSSR count). The summed E-state index contributed by atoms with van der Waals surface area (Å²) in [6.45, 7) is 0. The van der Waals surface area contributed by atoms with E-state index >= 15 is 0 Å². The molecule has 1 amide bonds. The largest absolute Gasteiger partial charge is 0.351 e. The van der Waals surface area contributed by atoms with Gasteiger partial charge in [-0.05, 0) is 42.9 Å². The summed E-state index contributed by atoms with van der Waals surface area (Å²) in [5.41, 5.74) is 6.78. The molecular weight excluding hydrogens is 240 g/mol. The van der Waals surface area contributed by atoms with Crippen molar-refractivity contribution in [3.8, 4) is 0 Å². The van der Waals surface area contributed by atoms with Crippen molar-refractivity contribution in [1.29, 1.82) is 0 Å². The minimum absolute atomic E-state index is 0.0493. The van der Waals surface area contributed by atoms with E-state index in [1.54, 1.807) is 10.9 Å². The minimum Gasteiger partial charge on any atom is -0.351 e. The van der Waals surface area contributed by atoms with Gasteiger partial charge >= 0.3 is 0 Å². The predicted molar refractivity (Wildman–Crippen MR) is 69.9 cm³/mol. The average molecular weight is 260 g/mol. The van der Waals surface area contributed by atoms with Crippen LogP contribution in [0, 0.1) is 23.7 Å². The Morgan fingerprint density at radius 3 is 2.74 bits per heavy atom. The molecule has 3 aliphatic rings. The molecule has 0 spiro atoms. The Bertz CT molecular complexity index is 509. The molecule has 0 aliphatic heterocycles. The predicted octanol–water partition coefficient (Wildman–Crippen LogP) is 0.581. The number of aromatic nitrogens is 2. The molecule has 0 aromatic carbocycles. The van der Waals surface area contributed by atoms with Gasteiger partial charge in [0.1, 0.15) is 6.04 Å². The van der Waals surface area contributed by atoms with Crippen LogP contribution in [-0.2, 0) is 11.8 Å². The van der Waals surface area contributed by atoms with Crippen molar-refractivity contribution in [3.63, 3.8) is 0 Å². The van der Waals surface area contributed by atoms with E-state index in [0.29, 0.717) is 6.04 Å². The van der Waals surface area contributed by atoms with Gasteiger partial charge in [0.05, 0.1) is 6.20 Å². The summed E-state index contributed by atoms with van der Waals surface area (Å²) in [5.74, 6) is 3.20. The molecule has 5 heteroatoms. The van der Waals surface area contributed by atoms with Gasteiger partial charge in [-0.3, -0.25) is 9.48 Å². The lowest BCUT2D eigenvalue weighted by Crippen LogP contribution is -2.37. The van der Waals surface area contributed by atoms with E-state index in [-0.39, 0.29) is 5.91 Å². The molecular formula is C14H20N4O. The third-order valence-corrected chi connectivity index (χ3v) is 5.41. The van der Waals surface area contributed by atoms with Crippen LogP contribution < -0.4 is 11.1 Å². The van der Waals surface area contributed by atoms with E-state index in [9.17, 15) is 4.79 Å². The molecule has 1 heterocycles. The molecule has 102 valence electrons. The number of amides is 1. The summed E-state index contributed by atoms with van der Waals surface area (Å²) in [6, 6.07) is -0.186. The van der Waals surface area contributed by atoms with E-state index in [0.717, 1.165) is 29.2 Å². The molecule has 5 atom stereocenters. The Hall–Kier alpha value is -1.36. The van der Waals surface area contributed by atoms with E-state index in [1.165, 1.54) is 19.3 Å². The van der Waals surface area contributed by atoms with Crippen molar-refractivity contribution in [2.24, 2.45) is 36.5 Å². The second-order valence-corrected chi connectivity index (χ2v) is 6.45. The van der Waals surface area contributed by atoms with Gasteiger partial charge in [-0.2, -0.15) is 5.10 Å². The maximum absolute atomic E-state index is 12.2. The zero-order valence-electron chi connectivity index (χ0n) is 11.1. The van der Waals surface area contributed by atoms with Crippen molar-refractivity contribution in [1.82, 2.24) is 15.1 Å². The average Bonchev–Trinajstić information content (AvgIpc) is 2.81. The molecule has 5 nitrogen and oxygen atoms in total. The van der Waals surface area contributed by atoms with Crippen LogP contribution in [0.15, 0.2) is 12.4 Å². The summed E-state index contributed by atoms with van der Waals surface area (Å²) in [6.07, 6.45) is 7.61. The molecule has 3 N–H and O–H groups in total. The molecule has 3 aliphatic carbocycles. The van der Waals surface area contributed by atoms with Crippen LogP contribution in [0.3, 0.4) is 0 Å². The number of nitrogens with two attached hydrogens (primary N) is 1. The highest BCUT2D eigenvalue weighted by Gasteiger charge is 2.65. The van der Waals surface area contributed by atoms with Crippen LogP contribution in [0.2, 0.25) is 0 Å². The first-order chi connectivity index (χ1) is 9.15. The third-order valence-electron chi connectivity index (χ3n) is 5.41. The highest BCUT2D eigenvalue weighted by Crippen LogP contribution is 2.65. The van der Waals surface area contributed by atoms with Crippen molar-refractivity contribution >= 4 is 5.91 Å². The van der Waals surface area contributed by atoms with E-state index in [1.807, 2.05) is 13.2 Å². The summed E-state index contributed by atoms with van der Waals surface area (Å²) < 4.78 is 1.68. The summed E-state index contributed by atoms with van der Waals surface area (Å²) in [4.78, 5) is 12.2. The number of carbonyl (C=O) groups excluding carboxylic acids is 1. The number of carbonyl (C=O) groups is 1. The van der Waals surface area contributed by atoms with Gasteiger partial charge in [0.25, 0.3) is 0 Å². The first kappa shape index (κ1) is 11.5. The number of rotatable bonds is 3. The molecule has 5 unspecified atom stereocenters. The number of hydrogen-bond acceptors (Lipinski definition) is 3. The van der Waals surface area contributed by atoms with Gasteiger partial charge in [-0.1, -0.05) is 0 Å². The Morgan fingerprint density at radius 1 is 1.47 bits per heavy atom. The first-order valence-electron chi connectivity index (χ1n) is 7.19. The summed E-state index contributed by atoms with van der Waals surface area (Å²) in [5, 5.41) is 7.23. The van der Waals surface area contributed by atoms with Crippen LogP contribution in [0.25, 0.3) is 0 Å². The van der Waals surface area contributed by atoms with Crippen LogP contribution in [0.5, 0.6) is 0 Å². The standard InChI is InChI=1S/C14H20N4O/c1-18-6-9(5-16-18)12(15)14(19)17-13-10-7-2-3-8(4-7)11(10)13/h5-8,10-13H,2-4,15H2,1H3,(H,17,19). The normalized spacial score (nSPS) is 40.0. The summed E-state index contributed by atoms with van der Waals surface area (Å²) in [7, 11) is 1.83. The lowest BCUT2D eigenvalue weighted by atomic mass is 10.0. The second kappa shape index (κ2) is 3.82. The highest BCUT2D eigenvalue weighted by atomic mass is 16.2. The Morgan fingerprint density at radius 2 is 2.16 bits per heavy atom. The molecule has 3 saturated carbocycles. The highest BCUT2D eigenvalue weighted by molar-refractivity contribution is 5.83. The summed E-state index contributed by atoms with van der Waals surface area (Å²) >= 11 is 0. The van der Waals surface area contributed by atoms with E-state index in [4.69, 9.17) is 5.73 Å². The lowest BCUT2D eigenvalue weighted by Gasteiger charge is -2.14. The maximum Gasteiger partial charge on any atom is 0.241 e. The fourth-order valence-electron chi connectivity index (χ4n) is 4.52. The van der Waals surface area contributed by atoms with E-state index in [2.05, 4.69) is 10.4 Å². The fourth-order valence-corrected chi connectivity index (χ4v) is 4.52. The Kier molecular flexibility index (Phi) is 2.31. The third kappa shape index (κ3) is 1.64. The zero-order chi connectivity index (χ0) is 13.1. The van der Waals surface area contributed by atoms with Crippen LogP contribution in [0.4, 0.5) is 0 Å². The van der Waals surface area contributed by atoms with Crippen molar-refractivity contribution in [3.05, 3.63) is 18.0 Å². The number of hydrogen-bond donors (Lipinski definition) is 2. The fraction of sp³-hybridized carbons (Fsp3) is 0.714. The van der Waals surface area contributed by atoms with Gasteiger partial charge in [0.2, 0.25) is 5.91 Å². The Labute approximate surface area is 112 Å². The number of nitrogens with zero attached hydrogens (tertiary/aromatic N) is 2. The number of aryl methyl sites for hydroxylation is 1. The number of nitrogens with one attached hydrogen (secondary N) is 1. The zero-order valence-corrected chi connectivity index (χ0v) is 11.1. The van der Waals surface area contributed by atoms with Crippen LogP contribution in [0.1, 0.15) is 30.9 Å². The molecule has 3 fully saturated rings. The topological polar surface area (TPSA) is 72.9 Å². The molecule has 1 aromatic heterocycles. The monoisotopic (exact) mass is 260 g/mol. The van der Waals surface area contributed by atoms with Crippen LogP contribution in [-0.4, -0.2) is 21.7 Å². The quantitative estimate of drug-likeness (QED) is 0.835. The van der Waals surface area contributed by atoms with Gasteiger partial charge in [-0.25, -0.2) is 0 Å². The first-order valence-corrected chi connectivity index (χ1v) is 7.19. The smallest absolute Gasteiger partial charge is 0.241 e. The number of fused-ring (bicyclic) bond motifs is 5. The van der Waals surface area contributed by atoms with Crippen molar-refractivity contribution in [2.75, 3.05) is 0 Å². The minimum atomic E-state index is -0.590. The van der Waals surface area contributed by atoms with Gasteiger partial charge in [0.15, 0.2) is 0 Å². The molecule has 1 aromatic rings. The van der Waals surface area contributed by atoms with Gasteiger partial charge in [-0.15, -0.1) is 0 Å². The lowest BCUT2D eigenvalue weighted by molar-refractivity contribution is -0.122. The van der Waals surface area contributed by atoms with Gasteiger partial charge in [0, 0.05) is 24.8 Å². The molecule has 0 radical (unpaired) electrons. The molecule has 19 heavy (non-hydrogen) atoms. The molecule has 2 bridgehead atoms. The van der Waals surface area contributed by atoms with Crippen molar-refractivity contribution in [2.45, 2.75) is 31.3 Å². The Balaban J connectivity index is 1.40. The molecule has 0 saturated heterocycles. The van der Waals surface area contributed by atoms with Gasteiger partial charge < -0.3 is 11.1 Å². The van der Waals surface area contributed by atoms with Crippen LogP contribution >= 0.6 is 0 Å².